The fraction of sp³-hybridized carbons (Fsp3) is 0.364. The highest BCUT2D eigenvalue weighted by atomic mass is 16.1. The van der Waals surface area contributed by atoms with Gasteiger partial charge in [-0.3, -0.25) is 4.79 Å². The average molecular weight is 174 g/mol. The van der Waals surface area contributed by atoms with Gasteiger partial charge in [-0.1, -0.05) is 30.3 Å². The Labute approximate surface area is 78.0 Å². The molecule has 67 valence electrons. The summed E-state index contributed by atoms with van der Waals surface area (Å²) < 4.78 is 0. The van der Waals surface area contributed by atoms with Crippen molar-refractivity contribution in [2.24, 2.45) is 0 Å². The number of carbonyl (C=O) groups excluding carboxylic acids is 1. The predicted octanol–water partition coefficient (Wildman–Crippen LogP) is 1.59. The third kappa shape index (κ3) is 1.78. The monoisotopic (exact) mass is 174 g/mol. The SMILES string of the molecule is O=[C][C@@H]1CCC(c2ccccc2)N1. The van der Waals surface area contributed by atoms with Crippen LogP contribution in [0.5, 0.6) is 0 Å². The van der Waals surface area contributed by atoms with Gasteiger partial charge >= 0.3 is 0 Å². The van der Waals surface area contributed by atoms with Crippen LogP contribution in [0.3, 0.4) is 0 Å². The van der Waals surface area contributed by atoms with Gasteiger partial charge in [0.2, 0.25) is 6.29 Å². The van der Waals surface area contributed by atoms with Crippen molar-refractivity contribution >= 4 is 6.29 Å². The molecule has 0 aromatic heterocycles. The number of benzene rings is 1. The largest absolute Gasteiger partial charge is 0.300 e. The van der Waals surface area contributed by atoms with Gasteiger partial charge in [-0.05, 0) is 18.4 Å². The van der Waals surface area contributed by atoms with Crippen LogP contribution >= 0.6 is 0 Å². The van der Waals surface area contributed by atoms with E-state index in [1.54, 1.807) is 0 Å². The minimum Gasteiger partial charge on any atom is -0.300 e. The summed E-state index contributed by atoms with van der Waals surface area (Å²) in [6.07, 6.45) is 3.94. The van der Waals surface area contributed by atoms with E-state index in [1.165, 1.54) is 5.56 Å². The lowest BCUT2D eigenvalue weighted by Crippen LogP contribution is -2.25. The van der Waals surface area contributed by atoms with Crippen LogP contribution in [0.4, 0.5) is 0 Å². The van der Waals surface area contributed by atoms with E-state index >= 15 is 0 Å². The minimum atomic E-state index is -0.0646. The van der Waals surface area contributed by atoms with E-state index in [4.69, 9.17) is 0 Å². The minimum absolute atomic E-state index is 0.0646. The lowest BCUT2D eigenvalue weighted by molar-refractivity contribution is 0.526. The van der Waals surface area contributed by atoms with E-state index in [0.29, 0.717) is 6.04 Å². The summed E-state index contributed by atoms with van der Waals surface area (Å²) >= 11 is 0. The molecule has 1 aliphatic heterocycles. The molecule has 1 saturated heterocycles. The Morgan fingerprint density at radius 1 is 1.23 bits per heavy atom. The van der Waals surface area contributed by atoms with Crippen LogP contribution in [0.25, 0.3) is 0 Å². The molecule has 0 saturated carbocycles. The predicted molar refractivity (Wildman–Crippen MR) is 51.0 cm³/mol. The highest BCUT2D eigenvalue weighted by molar-refractivity contribution is 5.59. The van der Waals surface area contributed by atoms with Crippen LogP contribution in [-0.2, 0) is 4.79 Å². The fourth-order valence-electron chi connectivity index (χ4n) is 1.78. The summed E-state index contributed by atoms with van der Waals surface area (Å²) in [5.74, 6) is 0. The van der Waals surface area contributed by atoms with Gasteiger partial charge in [0.15, 0.2) is 0 Å². The summed E-state index contributed by atoms with van der Waals surface area (Å²) in [7, 11) is 0. The van der Waals surface area contributed by atoms with Crippen LogP contribution in [0, 0.1) is 0 Å². The van der Waals surface area contributed by atoms with Crippen LogP contribution in [0.15, 0.2) is 30.3 Å². The molecule has 1 heterocycles. The maximum absolute atomic E-state index is 10.4. The quantitative estimate of drug-likeness (QED) is 0.737. The fourth-order valence-corrected chi connectivity index (χ4v) is 1.78. The second kappa shape index (κ2) is 3.71. The Balaban J connectivity index is 2.08. The van der Waals surface area contributed by atoms with Crippen LogP contribution in [0.1, 0.15) is 24.4 Å². The second-order valence-corrected chi connectivity index (χ2v) is 3.38. The van der Waals surface area contributed by atoms with E-state index in [2.05, 4.69) is 17.4 Å². The Morgan fingerprint density at radius 3 is 2.62 bits per heavy atom. The van der Waals surface area contributed by atoms with E-state index in [0.717, 1.165) is 12.8 Å². The molecular weight excluding hydrogens is 162 g/mol. The Bertz CT molecular complexity index is 283. The highest BCUT2D eigenvalue weighted by Crippen LogP contribution is 2.25. The van der Waals surface area contributed by atoms with Crippen molar-refractivity contribution in [2.45, 2.75) is 24.9 Å². The van der Waals surface area contributed by atoms with Crippen molar-refractivity contribution in [1.29, 1.82) is 0 Å². The molecule has 1 unspecified atom stereocenters. The number of hydrogen-bond donors (Lipinski definition) is 1. The molecule has 13 heavy (non-hydrogen) atoms. The average Bonchev–Trinajstić information content (AvgIpc) is 2.67. The maximum Gasteiger partial charge on any atom is 0.216 e. The third-order valence-corrected chi connectivity index (χ3v) is 2.49. The van der Waals surface area contributed by atoms with Gasteiger partial charge in [0.1, 0.15) is 0 Å². The molecule has 1 aromatic carbocycles. The third-order valence-electron chi connectivity index (χ3n) is 2.49. The van der Waals surface area contributed by atoms with E-state index in [1.807, 2.05) is 24.5 Å². The van der Waals surface area contributed by atoms with Crippen LogP contribution in [0.2, 0.25) is 0 Å². The molecular formula is C11H12NO. The first-order valence-corrected chi connectivity index (χ1v) is 4.59. The summed E-state index contributed by atoms with van der Waals surface area (Å²) in [5, 5.41) is 3.23. The van der Waals surface area contributed by atoms with Gasteiger partial charge < -0.3 is 5.32 Å². The van der Waals surface area contributed by atoms with Gasteiger partial charge in [-0.2, -0.15) is 0 Å². The highest BCUT2D eigenvalue weighted by Gasteiger charge is 2.24. The molecule has 1 aliphatic rings. The molecule has 2 atom stereocenters. The van der Waals surface area contributed by atoms with Crippen molar-refractivity contribution in [3.63, 3.8) is 0 Å². The summed E-state index contributed by atoms with van der Waals surface area (Å²) in [5.41, 5.74) is 1.26. The molecule has 0 amide bonds. The molecule has 0 spiro atoms. The molecule has 1 fully saturated rings. The van der Waals surface area contributed by atoms with E-state index < -0.39 is 0 Å². The van der Waals surface area contributed by atoms with Gasteiger partial charge in [-0.25, -0.2) is 0 Å². The zero-order valence-corrected chi connectivity index (χ0v) is 7.36. The van der Waals surface area contributed by atoms with Gasteiger partial charge in [0.05, 0.1) is 6.04 Å². The number of rotatable bonds is 2. The maximum atomic E-state index is 10.4. The van der Waals surface area contributed by atoms with Gasteiger partial charge in [0.25, 0.3) is 0 Å². The molecule has 2 rings (SSSR count). The van der Waals surface area contributed by atoms with Crippen molar-refractivity contribution in [1.82, 2.24) is 5.32 Å². The number of hydrogen-bond acceptors (Lipinski definition) is 2. The topological polar surface area (TPSA) is 29.1 Å². The van der Waals surface area contributed by atoms with Crippen molar-refractivity contribution in [3.8, 4) is 0 Å². The molecule has 2 nitrogen and oxygen atoms in total. The van der Waals surface area contributed by atoms with Crippen molar-refractivity contribution in [2.75, 3.05) is 0 Å². The molecule has 1 radical (unpaired) electrons. The number of nitrogens with one attached hydrogen (secondary N) is 1. The van der Waals surface area contributed by atoms with Crippen LogP contribution in [-0.4, -0.2) is 12.3 Å². The first-order valence-electron chi connectivity index (χ1n) is 4.59. The molecule has 1 N–H and O–H groups in total. The van der Waals surface area contributed by atoms with Gasteiger partial charge in [-0.15, -0.1) is 0 Å². The van der Waals surface area contributed by atoms with Crippen LogP contribution < -0.4 is 5.32 Å². The normalized spacial score (nSPS) is 27.4. The lowest BCUT2D eigenvalue weighted by atomic mass is 10.1. The Morgan fingerprint density at radius 2 is 2.00 bits per heavy atom. The first-order chi connectivity index (χ1) is 6.40. The standard InChI is InChI=1S/C11H12NO/c13-8-10-6-7-11(12-10)9-4-2-1-3-5-9/h1-5,10-12H,6-7H2/t10-,11?/m0/s1. The summed E-state index contributed by atoms with van der Waals surface area (Å²) in [6.45, 7) is 0. The smallest absolute Gasteiger partial charge is 0.216 e. The molecule has 2 heteroatoms. The Hall–Kier alpha value is -1.15. The zero-order valence-electron chi connectivity index (χ0n) is 7.36. The lowest BCUT2D eigenvalue weighted by Gasteiger charge is -2.10. The first kappa shape index (κ1) is 8.45. The van der Waals surface area contributed by atoms with E-state index in [-0.39, 0.29) is 6.04 Å². The zero-order chi connectivity index (χ0) is 9.10. The van der Waals surface area contributed by atoms with E-state index in [9.17, 15) is 4.79 Å². The van der Waals surface area contributed by atoms with Crippen molar-refractivity contribution in [3.05, 3.63) is 35.9 Å². The van der Waals surface area contributed by atoms with Crippen molar-refractivity contribution < 1.29 is 4.79 Å². The molecule has 0 bridgehead atoms. The van der Waals surface area contributed by atoms with Gasteiger partial charge in [0, 0.05) is 6.04 Å². The second-order valence-electron chi connectivity index (χ2n) is 3.38. The Kier molecular flexibility index (Phi) is 2.41. The molecule has 0 aliphatic carbocycles. The summed E-state index contributed by atoms with van der Waals surface area (Å²) in [4.78, 5) is 10.4. The summed E-state index contributed by atoms with van der Waals surface area (Å²) in [6, 6.07) is 10.5. The molecule has 1 aromatic rings.